The molecule has 0 aliphatic carbocycles. The Balaban J connectivity index is 2.15. The van der Waals surface area contributed by atoms with E-state index in [9.17, 15) is 18.0 Å². The zero-order chi connectivity index (χ0) is 19.5. The minimum Gasteiger partial charge on any atom is -0.337 e. The van der Waals surface area contributed by atoms with Crippen molar-refractivity contribution in [2.45, 2.75) is 46.1 Å². The third-order valence-electron chi connectivity index (χ3n) is 4.86. The lowest BCUT2D eigenvalue weighted by Gasteiger charge is -2.30. The summed E-state index contributed by atoms with van der Waals surface area (Å²) in [4.78, 5) is 27.9. The van der Waals surface area contributed by atoms with Gasteiger partial charge in [0.05, 0.1) is 11.5 Å². The summed E-state index contributed by atoms with van der Waals surface area (Å²) in [7, 11) is -3.07. The van der Waals surface area contributed by atoms with Gasteiger partial charge in [-0.1, -0.05) is 26.0 Å². The molecule has 1 aromatic rings. The van der Waals surface area contributed by atoms with Crippen LogP contribution in [0.15, 0.2) is 24.3 Å². The average molecular weight is 381 g/mol. The van der Waals surface area contributed by atoms with Gasteiger partial charge in [-0.15, -0.1) is 0 Å². The van der Waals surface area contributed by atoms with Crippen molar-refractivity contribution in [1.82, 2.24) is 4.90 Å². The first-order valence-corrected chi connectivity index (χ1v) is 10.8. The van der Waals surface area contributed by atoms with Crippen LogP contribution in [0.1, 0.15) is 45.6 Å². The predicted molar refractivity (Wildman–Crippen MR) is 103 cm³/mol. The van der Waals surface area contributed by atoms with E-state index in [1.165, 1.54) is 11.8 Å². The van der Waals surface area contributed by atoms with Gasteiger partial charge >= 0.3 is 0 Å². The second kappa shape index (κ2) is 8.20. The van der Waals surface area contributed by atoms with Gasteiger partial charge in [0.1, 0.15) is 6.54 Å². The lowest BCUT2D eigenvalue weighted by atomic mass is 10.0. The molecule has 0 bridgehead atoms. The first-order valence-electron chi connectivity index (χ1n) is 9.02. The highest BCUT2D eigenvalue weighted by Crippen LogP contribution is 2.22. The van der Waals surface area contributed by atoms with Gasteiger partial charge in [0.25, 0.3) is 0 Å². The number of rotatable bonds is 6. The van der Waals surface area contributed by atoms with Gasteiger partial charge in [-0.3, -0.25) is 9.59 Å². The minimum absolute atomic E-state index is 0.00966. The molecule has 1 aromatic carbocycles. The van der Waals surface area contributed by atoms with Crippen LogP contribution in [-0.2, 0) is 19.4 Å². The molecule has 1 aliphatic heterocycles. The zero-order valence-corrected chi connectivity index (χ0v) is 16.8. The van der Waals surface area contributed by atoms with E-state index in [0.717, 1.165) is 5.56 Å². The molecule has 7 heteroatoms. The summed E-state index contributed by atoms with van der Waals surface area (Å²) in [6, 6.07) is 7.32. The molecule has 0 radical (unpaired) electrons. The molecule has 1 aliphatic rings. The van der Waals surface area contributed by atoms with Crippen molar-refractivity contribution in [2.75, 3.05) is 29.5 Å². The molecule has 1 atom stereocenters. The Kier molecular flexibility index (Phi) is 6.44. The number of nitrogens with zero attached hydrogens (tertiary/aromatic N) is 2. The highest BCUT2D eigenvalue weighted by molar-refractivity contribution is 7.91. The van der Waals surface area contributed by atoms with E-state index in [1.54, 1.807) is 4.90 Å². The van der Waals surface area contributed by atoms with Crippen molar-refractivity contribution in [3.63, 3.8) is 0 Å². The van der Waals surface area contributed by atoms with Crippen molar-refractivity contribution in [3.8, 4) is 0 Å². The largest absolute Gasteiger partial charge is 0.337 e. The maximum Gasteiger partial charge on any atom is 0.242 e. The van der Waals surface area contributed by atoms with Gasteiger partial charge in [0.2, 0.25) is 11.8 Å². The maximum atomic E-state index is 12.8. The number of hydrogen-bond donors (Lipinski definition) is 0. The van der Waals surface area contributed by atoms with Crippen LogP contribution in [0.5, 0.6) is 0 Å². The standard InChI is InChI=1S/C19H28N2O4S/c1-5-20(18-10-11-26(24,25)13-18)19(23)12-21(15(4)22)17-8-6-16(7-9-17)14(2)3/h6-9,14,18H,5,10-13H2,1-4H3. The Morgan fingerprint density at radius 2 is 1.81 bits per heavy atom. The van der Waals surface area contributed by atoms with Crippen LogP contribution in [0.2, 0.25) is 0 Å². The molecule has 0 spiro atoms. The van der Waals surface area contributed by atoms with Crippen molar-refractivity contribution in [2.24, 2.45) is 0 Å². The molecule has 0 saturated carbocycles. The summed E-state index contributed by atoms with van der Waals surface area (Å²) in [5, 5.41) is 0. The molecule has 144 valence electrons. The number of likely N-dealkylation sites (N-methyl/N-ethyl adjacent to an activating group) is 1. The first-order chi connectivity index (χ1) is 12.1. The topological polar surface area (TPSA) is 74.8 Å². The summed E-state index contributed by atoms with van der Waals surface area (Å²) in [5.74, 6) is 0.0735. The number of sulfone groups is 1. The number of carbonyl (C=O) groups is 2. The van der Waals surface area contributed by atoms with Crippen molar-refractivity contribution < 1.29 is 18.0 Å². The molecule has 0 N–H and O–H groups in total. The predicted octanol–water partition coefficient (Wildman–Crippen LogP) is 2.20. The Bertz CT molecular complexity index is 756. The maximum absolute atomic E-state index is 12.8. The first kappa shape index (κ1) is 20.4. The van der Waals surface area contributed by atoms with Gasteiger partial charge in [-0.2, -0.15) is 0 Å². The van der Waals surface area contributed by atoms with Crippen molar-refractivity contribution >= 4 is 27.3 Å². The highest BCUT2D eigenvalue weighted by Gasteiger charge is 2.34. The van der Waals surface area contributed by atoms with E-state index >= 15 is 0 Å². The second-order valence-electron chi connectivity index (χ2n) is 7.09. The Morgan fingerprint density at radius 3 is 2.23 bits per heavy atom. The fourth-order valence-electron chi connectivity index (χ4n) is 3.31. The van der Waals surface area contributed by atoms with E-state index in [0.29, 0.717) is 24.6 Å². The van der Waals surface area contributed by atoms with E-state index in [4.69, 9.17) is 0 Å². The summed E-state index contributed by atoms with van der Waals surface area (Å²) < 4.78 is 23.4. The average Bonchev–Trinajstić information content (AvgIpc) is 2.92. The van der Waals surface area contributed by atoms with Crippen LogP contribution < -0.4 is 4.90 Å². The fourth-order valence-corrected chi connectivity index (χ4v) is 5.04. The normalized spacial score (nSPS) is 18.7. The number of amides is 2. The van der Waals surface area contributed by atoms with Gasteiger partial charge in [-0.05, 0) is 37.0 Å². The SMILES string of the molecule is CCN(C(=O)CN(C(C)=O)c1ccc(C(C)C)cc1)C1CCS(=O)(=O)C1. The number of anilines is 1. The summed E-state index contributed by atoms with van der Waals surface area (Å²) in [6.45, 7) is 7.79. The van der Waals surface area contributed by atoms with Crippen LogP contribution in [0.25, 0.3) is 0 Å². The van der Waals surface area contributed by atoms with Crippen LogP contribution in [0.3, 0.4) is 0 Å². The molecule has 6 nitrogen and oxygen atoms in total. The number of carbonyl (C=O) groups excluding carboxylic acids is 2. The Labute approximate surface area is 156 Å². The third-order valence-corrected chi connectivity index (χ3v) is 6.61. The lowest BCUT2D eigenvalue weighted by Crippen LogP contribution is -2.47. The Morgan fingerprint density at radius 1 is 1.19 bits per heavy atom. The molecule has 1 unspecified atom stereocenters. The summed E-state index contributed by atoms with van der Waals surface area (Å²) in [6.07, 6.45) is 0.463. The quantitative estimate of drug-likeness (QED) is 0.758. The zero-order valence-electron chi connectivity index (χ0n) is 15.9. The second-order valence-corrected chi connectivity index (χ2v) is 9.32. The van der Waals surface area contributed by atoms with Gasteiger partial charge < -0.3 is 9.80 Å². The van der Waals surface area contributed by atoms with Crippen molar-refractivity contribution in [3.05, 3.63) is 29.8 Å². The van der Waals surface area contributed by atoms with E-state index < -0.39 is 9.84 Å². The molecular formula is C19H28N2O4S. The van der Waals surface area contributed by atoms with Gasteiger partial charge in [0, 0.05) is 25.2 Å². The lowest BCUT2D eigenvalue weighted by molar-refractivity contribution is -0.132. The fraction of sp³-hybridized carbons (Fsp3) is 0.579. The summed E-state index contributed by atoms with van der Waals surface area (Å²) >= 11 is 0. The minimum atomic E-state index is -3.07. The van der Waals surface area contributed by atoms with Crippen LogP contribution in [-0.4, -0.2) is 55.8 Å². The molecule has 2 rings (SSSR count). The molecule has 1 fully saturated rings. The van der Waals surface area contributed by atoms with Crippen LogP contribution >= 0.6 is 0 Å². The molecule has 2 amide bonds. The van der Waals surface area contributed by atoms with E-state index in [-0.39, 0.29) is 35.9 Å². The number of hydrogen-bond acceptors (Lipinski definition) is 4. The van der Waals surface area contributed by atoms with E-state index in [2.05, 4.69) is 13.8 Å². The molecule has 0 aromatic heterocycles. The third kappa shape index (κ3) is 4.84. The summed E-state index contributed by atoms with van der Waals surface area (Å²) in [5.41, 5.74) is 1.83. The van der Waals surface area contributed by atoms with Crippen molar-refractivity contribution in [1.29, 1.82) is 0 Å². The molecule has 26 heavy (non-hydrogen) atoms. The monoisotopic (exact) mass is 380 g/mol. The Hall–Kier alpha value is -1.89. The van der Waals surface area contributed by atoms with Gasteiger partial charge in [0.15, 0.2) is 9.84 Å². The molecular weight excluding hydrogens is 352 g/mol. The molecule has 1 saturated heterocycles. The van der Waals surface area contributed by atoms with Crippen LogP contribution in [0.4, 0.5) is 5.69 Å². The van der Waals surface area contributed by atoms with Gasteiger partial charge in [-0.25, -0.2) is 8.42 Å². The van der Waals surface area contributed by atoms with E-state index in [1.807, 2.05) is 31.2 Å². The van der Waals surface area contributed by atoms with Crippen LogP contribution in [0, 0.1) is 0 Å². The highest BCUT2D eigenvalue weighted by atomic mass is 32.2. The molecule has 1 heterocycles. The smallest absolute Gasteiger partial charge is 0.242 e. The number of benzene rings is 1.